The molecular formula is C21H26N6O2. The average molecular weight is 394 g/mol. The number of nitrogens with zero attached hydrogens (tertiary/aromatic N) is 4. The summed E-state index contributed by atoms with van der Waals surface area (Å²) in [5, 5.41) is 14.4. The highest BCUT2D eigenvalue weighted by molar-refractivity contribution is 5.93. The number of carbonyl (C=O) groups excluding carboxylic acids is 2. The van der Waals surface area contributed by atoms with Crippen LogP contribution in [0.4, 0.5) is 17.2 Å². The molecule has 2 N–H and O–H groups in total. The second-order valence-electron chi connectivity index (χ2n) is 7.60. The Morgan fingerprint density at radius 3 is 2.34 bits per heavy atom. The van der Waals surface area contributed by atoms with E-state index in [1.54, 1.807) is 24.3 Å². The molecule has 0 atom stereocenters. The van der Waals surface area contributed by atoms with Gasteiger partial charge in [-0.25, -0.2) is 0 Å². The van der Waals surface area contributed by atoms with Crippen molar-refractivity contribution < 1.29 is 9.59 Å². The van der Waals surface area contributed by atoms with Crippen LogP contribution in [0.3, 0.4) is 0 Å². The smallest absolute Gasteiger partial charge is 0.238 e. The van der Waals surface area contributed by atoms with Gasteiger partial charge in [0.2, 0.25) is 11.8 Å². The first-order chi connectivity index (χ1) is 14.1. The summed E-state index contributed by atoms with van der Waals surface area (Å²) in [6, 6.07) is 9.30. The Morgan fingerprint density at radius 1 is 0.966 bits per heavy atom. The van der Waals surface area contributed by atoms with E-state index < -0.39 is 0 Å². The summed E-state index contributed by atoms with van der Waals surface area (Å²) in [4.78, 5) is 27.8. The van der Waals surface area contributed by atoms with E-state index in [-0.39, 0.29) is 11.8 Å². The fraction of sp³-hybridized carbons (Fsp3) is 0.429. The van der Waals surface area contributed by atoms with E-state index >= 15 is 0 Å². The molecule has 8 nitrogen and oxygen atoms in total. The summed E-state index contributed by atoms with van der Waals surface area (Å²) in [6.07, 6.45) is 3.32. The highest BCUT2D eigenvalue weighted by atomic mass is 16.2. The van der Waals surface area contributed by atoms with Crippen molar-refractivity contribution in [2.24, 2.45) is 0 Å². The van der Waals surface area contributed by atoms with Gasteiger partial charge in [-0.2, -0.15) is 5.10 Å². The van der Waals surface area contributed by atoms with E-state index in [4.69, 9.17) is 0 Å². The fourth-order valence-electron chi connectivity index (χ4n) is 3.85. The van der Waals surface area contributed by atoms with Crippen molar-refractivity contribution in [2.45, 2.75) is 26.2 Å². The molecule has 1 saturated heterocycles. The standard InChI is InChI=1S/C21H26N6O2/c1-15(28)22-17-5-7-18(8-6-17)23-21(29)14-26-9-11-27(12-10-26)20-13-16-3-2-4-19(16)24-25-20/h5-8,13H,2-4,9-12,14H2,1H3,(H,22,28)(H,23,29). The topological polar surface area (TPSA) is 90.5 Å². The summed E-state index contributed by atoms with van der Waals surface area (Å²) >= 11 is 0. The first-order valence-electron chi connectivity index (χ1n) is 10.1. The summed E-state index contributed by atoms with van der Waals surface area (Å²) in [6.45, 7) is 5.13. The minimum atomic E-state index is -0.119. The summed E-state index contributed by atoms with van der Waals surface area (Å²) in [5.41, 5.74) is 3.91. The molecule has 2 aromatic rings. The molecule has 152 valence electrons. The number of hydrogen-bond donors (Lipinski definition) is 2. The van der Waals surface area contributed by atoms with Crippen LogP contribution >= 0.6 is 0 Å². The van der Waals surface area contributed by atoms with Gasteiger partial charge in [0.1, 0.15) is 0 Å². The number of rotatable bonds is 5. The third-order valence-electron chi connectivity index (χ3n) is 5.36. The van der Waals surface area contributed by atoms with Crippen LogP contribution in [0.1, 0.15) is 24.6 Å². The van der Waals surface area contributed by atoms with Gasteiger partial charge in [-0.15, -0.1) is 5.10 Å². The van der Waals surface area contributed by atoms with Crippen LogP contribution < -0.4 is 15.5 Å². The highest BCUT2D eigenvalue weighted by Gasteiger charge is 2.22. The Kier molecular flexibility index (Phi) is 5.71. The van der Waals surface area contributed by atoms with Crippen molar-refractivity contribution in [3.05, 3.63) is 41.6 Å². The molecule has 2 aliphatic rings. The molecule has 8 heteroatoms. The minimum Gasteiger partial charge on any atom is -0.353 e. The number of nitrogens with one attached hydrogen (secondary N) is 2. The Labute approximate surface area is 170 Å². The van der Waals surface area contributed by atoms with Crippen LogP contribution in [0, 0.1) is 0 Å². The summed E-state index contributed by atoms with van der Waals surface area (Å²) in [7, 11) is 0. The van der Waals surface area contributed by atoms with Gasteiger partial charge in [0, 0.05) is 44.5 Å². The molecule has 1 aliphatic heterocycles. The second-order valence-corrected chi connectivity index (χ2v) is 7.60. The van der Waals surface area contributed by atoms with E-state index in [2.05, 4.69) is 36.7 Å². The maximum absolute atomic E-state index is 12.4. The lowest BCUT2D eigenvalue weighted by atomic mass is 10.2. The van der Waals surface area contributed by atoms with Gasteiger partial charge in [0.25, 0.3) is 0 Å². The Morgan fingerprint density at radius 2 is 1.66 bits per heavy atom. The van der Waals surface area contributed by atoms with Crippen molar-refractivity contribution in [2.75, 3.05) is 48.3 Å². The lowest BCUT2D eigenvalue weighted by molar-refractivity contribution is -0.117. The molecule has 0 bridgehead atoms. The molecule has 1 aromatic heterocycles. The van der Waals surface area contributed by atoms with Crippen molar-refractivity contribution >= 4 is 29.0 Å². The zero-order valence-electron chi connectivity index (χ0n) is 16.6. The number of hydrogen-bond acceptors (Lipinski definition) is 6. The molecule has 1 aliphatic carbocycles. The van der Waals surface area contributed by atoms with Gasteiger partial charge in [0.15, 0.2) is 5.82 Å². The number of aryl methyl sites for hydroxylation is 2. The molecule has 2 heterocycles. The van der Waals surface area contributed by atoms with E-state index in [1.165, 1.54) is 18.9 Å². The third-order valence-corrected chi connectivity index (χ3v) is 5.36. The first kappa shape index (κ1) is 19.3. The van der Waals surface area contributed by atoms with Crippen LogP contribution in [-0.2, 0) is 22.4 Å². The zero-order chi connectivity index (χ0) is 20.2. The van der Waals surface area contributed by atoms with Crippen molar-refractivity contribution in [3.63, 3.8) is 0 Å². The van der Waals surface area contributed by atoms with Crippen molar-refractivity contribution in [1.29, 1.82) is 0 Å². The monoisotopic (exact) mass is 394 g/mol. The Balaban J connectivity index is 1.25. The Hall–Kier alpha value is -3.00. The number of piperazine rings is 1. The highest BCUT2D eigenvalue weighted by Crippen LogP contribution is 2.23. The zero-order valence-corrected chi connectivity index (χ0v) is 16.6. The van der Waals surface area contributed by atoms with Crippen LogP contribution in [0.5, 0.6) is 0 Å². The molecule has 1 aromatic carbocycles. The number of benzene rings is 1. The number of aromatic nitrogens is 2. The fourth-order valence-corrected chi connectivity index (χ4v) is 3.85. The molecular weight excluding hydrogens is 368 g/mol. The van der Waals surface area contributed by atoms with Crippen LogP contribution in [0.25, 0.3) is 0 Å². The van der Waals surface area contributed by atoms with Gasteiger partial charge < -0.3 is 15.5 Å². The molecule has 29 heavy (non-hydrogen) atoms. The predicted molar refractivity (Wildman–Crippen MR) is 112 cm³/mol. The molecule has 0 spiro atoms. The number of anilines is 3. The molecule has 2 amide bonds. The minimum absolute atomic E-state index is 0.0388. The quantitative estimate of drug-likeness (QED) is 0.802. The molecule has 0 radical (unpaired) electrons. The SMILES string of the molecule is CC(=O)Nc1ccc(NC(=O)CN2CCN(c3cc4c(nn3)CCC4)CC2)cc1. The van der Waals surface area contributed by atoms with E-state index in [9.17, 15) is 9.59 Å². The third kappa shape index (κ3) is 4.89. The van der Waals surface area contributed by atoms with Crippen LogP contribution in [-0.4, -0.2) is 59.6 Å². The van der Waals surface area contributed by atoms with Crippen molar-refractivity contribution in [3.8, 4) is 0 Å². The lowest BCUT2D eigenvalue weighted by Crippen LogP contribution is -2.49. The average Bonchev–Trinajstić information content (AvgIpc) is 3.17. The van der Waals surface area contributed by atoms with Gasteiger partial charge >= 0.3 is 0 Å². The molecule has 4 rings (SSSR count). The summed E-state index contributed by atoms with van der Waals surface area (Å²) < 4.78 is 0. The predicted octanol–water partition coefficient (Wildman–Crippen LogP) is 1.68. The van der Waals surface area contributed by atoms with Gasteiger partial charge in [0.05, 0.1) is 12.2 Å². The van der Waals surface area contributed by atoms with Gasteiger partial charge in [-0.05, 0) is 55.2 Å². The second kappa shape index (κ2) is 8.57. The number of fused-ring (bicyclic) bond motifs is 1. The Bertz CT molecular complexity index is 891. The number of carbonyl (C=O) groups is 2. The van der Waals surface area contributed by atoms with Gasteiger partial charge in [-0.1, -0.05) is 0 Å². The van der Waals surface area contributed by atoms with Crippen molar-refractivity contribution in [1.82, 2.24) is 15.1 Å². The van der Waals surface area contributed by atoms with Gasteiger partial charge in [-0.3, -0.25) is 14.5 Å². The van der Waals surface area contributed by atoms with E-state index in [0.29, 0.717) is 12.2 Å². The van der Waals surface area contributed by atoms with E-state index in [1.807, 2.05) is 0 Å². The number of amides is 2. The first-order valence-corrected chi connectivity index (χ1v) is 10.1. The largest absolute Gasteiger partial charge is 0.353 e. The molecule has 0 unspecified atom stereocenters. The summed E-state index contributed by atoms with van der Waals surface area (Å²) in [5.74, 6) is 0.795. The molecule has 0 saturated carbocycles. The maximum Gasteiger partial charge on any atom is 0.238 e. The van der Waals surface area contributed by atoms with Crippen LogP contribution in [0.2, 0.25) is 0 Å². The molecule has 1 fully saturated rings. The van der Waals surface area contributed by atoms with Crippen LogP contribution in [0.15, 0.2) is 30.3 Å². The normalized spacial score (nSPS) is 16.4. The van der Waals surface area contributed by atoms with E-state index in [0.717, 1.165) is 56.2 Å². The maximum atomic E-state index is 12.4. The lowest BCUT2D eigenvalue weighted by Gasteiger charge is -2.34.